The summed E-state index contributed by atoms with van der Waals surface area (Å²) >= 11 is 0. The first kappa shape index (κ1) is 23.7. The highest BCUT2D eigenvalue weighted by atomic mass is 32.2. The van der Waals surface area contributed by atoms with Crippen LogP contribution in [-0.2, 0) is 19.6 Å². The smallest absolute Gasteiger partial charge is 0.331 e. The molecule has 1 atom stereocenters. The van der Waals surface area contributed by atoms with E-state index in [-0.39, 0.29) is 16.9 Å². The van der Waals surface area contributed by atoms with Gasteiger partial charge in [-0.05, 0) is 37.6 Å². The monoisotopic (exact) mass is 467 g/mol. The zero-order valence-electron chi connectivity index (χ0n) is 17.6. The number of aromatic nitrogens is 1. The summed E-state index contributed by atoms with van der Waals surface area (Å²) in [6, 6.07) is 14.9. The Bertz CT molecular complexity index is 1380. The zero-order valence-corrected chi connectivity index (χ0v) is 18.4. The largest absolute Gasteiger partial charge is 0.481 e. The Morgan fingerprint density at radius 2 is 1.73 bits per heavy atom. The number of aliphatic carboxylic acids is 2. The maximum absolute atomic E-state index is 12.6. The van der Waals surface area contributed by atoms with Gasteiger partial charge in [-0.3, -0.25) is 9.59 Å². The number of carboxylic acid groups (broad SMARTS) is 2. The second-order valence-corrected chi connectivity index (χ2v) is 9.40. The van der Waals surface area contributed by atoms with Gasteiger partial charge in [0, 0.05) is 22.7 Å². The van der Waals surface area contributed by atoms with Crippen molar-refractivity contribution in [2.24, 2.45) is 5.41 Å². The molecule has 1 heterocycles. The molecule has 3 aromatic rings. The van der Waals surface area contributed by atoms with Gasteiger partial charge in [0.15, 0.2) is 6.29 Å². The number of aldehydes is 1. The summed E-state index contributed by atoms with van der Waals surface area (Å²) in [6.45, 7) is 1.50. The van der Waals surface area contributed by atoms with Crippen LogP contribution >= 0.6 is 0 Å². The molecule has 9 heteroatoms. The number of benzene rings is 2. The van der Waals surface area contributed by atoms with Crippen molar-refractivity contribution in [3.05, 3.63) is 90.2 Å². The molecule has 1 aliphatic carbocycles. The Labute approximate surface area is 190 Å². The van der Waals surface area contributed by atoms with Crippen LogP contribution in [0.2, 0.25) is 0 Å². The molecule has 33 heavy (non-hydrogen) atoms. The highest BCUT2D eigenvalue weighted by molar-refractivity contribution is 7.90. The molecule has 0 fully saturated rings. The maximum Gasteiger partial charge on any atom is 0.331 e. The van der Waals surface area contributed by atoms with E-state index < -0.39 is 27.4 Å². The summed E-state index contributed by atoms with van der Waals surface area (Å²) in [6.07, 6.45) is 6.63. The average Bonchev–Trinajstić information content (AvgIpc) is 3.25. The highest BCUT2D eigenvalue weighted by Crippen LogP contribution is 2.31. The fraction of sp³-hybridized carbons (Fsp3) is 0.125. The molecule has 4 rings (SSSR count). The Morgan fingerprint density at radius 3 is 2.33 bits per heavy atom. The van der Waals surface area contributed by atoms with E-state index in [1.54, 1.807) is 54.6 Å². The third-order valence-electron chi connectivity index (χ3n) is 5.24. The van der Waals surface area contributed by atoms with Crippen molar-refractivity contribution < 1.29 is 33.0 Å². The summed E-state index contributed by atoms with van der Waals surface area (Å²) in [5.74, 6) is -2.06. The minimum Gasteiger partial charge on any atom is -0.481 e. The van der Waals surface area contributed by atoms with Gasteiger partial charge in [-0.15, -0.1) is 0 Å². The molecule has 0 bridgehead atoms. The third kappa shape index (κ3) is 4.78. The van der Waals surface area contributed by atoms with E-state index in [1.807, 2.05) is 0 Å². The lowest BCUT2D eigenvalue weighted by atomic mass is 9.80. The quantitative estimate of drug-likeness (QED) is 0.547. The minimum absolute atomic E-state index is 0.0359. The number of hydrogen-bond donors (Lipinski definition) is 2. The first-order valence-corrected chi connectivity index (χ1v) is 11.2. The summed E-state index contributed by atoms with van der Waals surface area (Å²) in [7, 11) is -3.65. The molecule has 0 radical (unpaired) electrons. The predicted octanol–water partition coefficient (Wildman–Crippen LogP) is 3.74. The Kier molecular flexibility index (Phi) is 6.64. The number of fused-ring (bicyclic) bond motifs is 1. The second-order valence-electron chi connectivity index (χ2n) is 7.58. The second kappa shape index (κ2) is 9.25. The molecule has 1 aliphatic rings. The van der Waals surface area contributed by atoms with Gasteiger partial charge in [0.2, 0.25) is 0 Å². The summed E-state index contributed by atoms with van der Waals surface area (Å²) in [5.41, 5.74) is 0.0259. The van der Waals surface area contributed by atoms with Crippen LogP contribution in [0.1, 0.15) is 23.7 Å². The van der Waals surface area contributed by atoms with Gasteiger partial charge in [-0.1, -0.05) is 48.6 Å². The van der Waals surface area contributed by atoms with Crippen molar-refractivity contribution in [2.45, 2.75) is 18.2 Å². The molecule has 0 aliphatic heterocycles. The standard InChI is InChI=1S/C15H11NO3S.C9H10O4/c17-11-12-5-4-8-15-14(12)9-10-16(15)20(18,19)13-6-2-1-3-7-13;1-9(8(12)13)4-2-3-6(5-9)7(10)11/h1-11H;2-4H,5H2,1H3,(H,10,11)(H,12,13). The van der Waals surface area contributed by atoms with Crippen molar-refractivity contribution in [1.29, 1.82) is 0 Å². The molecule has 0 saturated carbocycles. The van der Waals surface area contributed by atoms with Gasteiger partial charge in [0.1, 0.15) is 0 Å². The first-order chi connectivity index (χ1) is 15.6. The maximum atomic E-state index is 12.6. The number of hydrogen-bond acceptors (Lipinski definition) is 5. The van der Waals surface area contributed by atoms with Crippen molar-refractivity contribution >= 4 is 39.2 Å². The van der Waals surface area contributed by atoms with E-state index in [9.17, 15) is 22.8 Å². The van der Waals surface area contributed by atoms with Gasteiger partial charge in [-0.25, -0.2) is 17.2 Å². The fourth-order valence-corrected chi connectivity index (χ4v) is 4.74. The molecular formula is C24H21NO7S. The van der Waals surface area contributed by atoms with Crippen LogP contribution in [0.5, 0.6) is 0 Å². The minimum atomic E-state index is -3.65. The SMILES string of the molecule is CC1(C(=O)O)C=CC=C(C(=O)O)C1.O=Cc1cccc2c1ccn2S(=O)(=O)c1ccccc1. The van der Waals surface area contributed by atoms with Crippen LogP contribution in [0.15, 0.2) is 89.5 Å². The van der Waals surface area contributed by atoms with E-state index in [4.69, 9.17) is 10.2 Å². The fourth-order valence-electron chi connectivity index (χ4n) is 3.37. The first-order valence-electron chi connectivity index (χ1n) is 9.81. The molecule has 1 unspecified atom stereocenters. The van der Waals surface area contributed by atoms with Crippen LogP contribution in [0.25, 0.3) is 10.9 Å². The number of allylic oxidation sites excluding steroid dienone is 2. The molecule has 0 saturated heterocycles. The van der Waals surface area contributed by atoms with Gasteiger partial charge < -0.3 is 10.2 Å². The zero-order chi connectivity index (χ0) is 24.2. The lowest BCUT2D eigenvalue weighted by molar-refractivity contribution is -0.145. The van der Waals surface area contributed by atoms with Crippen LogP contribution < -0.4 is 0 Å². The van der Waals surface area contributed by atoms with Gasteiger partial charge in [0.25, 0.3) is 10.0 Å². The van der Waals surface area contributed by atoms with Gasteiger partial charge in [-0.2, -0.15) is 0 Å². The summed E-state index contributed by atoms with van der Waals surface area (Å²) in [5, 5.41) is 18.1. The van der Waals surface area contributed by atoms with Crippen molar-refractivity contribution in [2.75, 3.05) is 0 Å². The van der Waals surface area contributed by atoms with Crippen LogP contribution in [0.3, 0.4) is 0 Å². The Balaban J connectivity index is 0.000000205. The number of rotatable bonds is 5. The Morgan fingerprint density at radius 1 is 1.03 bits per heavy atom. The van der Waals surface area contributed by atoms with Crippen molar-refractivity contribution in [3.8, 4) is 0 Å². The predicted molar refractivity (Wildman–Crippen MR) is 122 cm³/mol. The van der Waals surface area contributed by atoms with Crippen molar-refractivity contribution in [1.82, 2.24) is 3.97 Å². The van der Waals surface area contributed by atoms with E-state index in [0.717, 1.165) is 6.29 Å². The summed E-state index contributed by atoms with van der Waals surface area (Å²) < 4.78 is 26.4. The number of carboxylic acids is 2. The van der Waals surface area contributed by atoms with Crippen LogP contribution in [0, 0.1) is 5.41 Å². The van der Waals surface area contributed by atoms with E-state index in [1.165, 1.54) is 35.3 Å². The number of carbonyl (C=O) groups is 3. The highest BCUT2D eigenvalue weighted by Gasteiger charge is 2.34. The van der Waals surface area contributed by atoms with E-state index >= 15 is 0 Å². The van der Waals surface area contributed by atoms with Gasteiger partial charge >= 0.3 is 11.9 Å². The third-order valence-corrected chi connectivity index (χ3v) is 6.94. The van der Waals surface area contributed by atoms with E-state index in [0.29, 0.717) is 16.5 Å². The average molecular weight is 467 g/mol. The molecule has 0 spiro atoms. The number of carbonyl (C=O) groups excluding carboxylic acids is 1. The molecule has 0 amide bonds. The Hall–Kier alpha value is -3.98. The van der Waals surface area contributed by atoms with Gasteiger partial charge in [0.05, 0.1) is 15.8 Å². The molecule has 170 valence electrons. The molecule has 1 aromatic heterocycles. The van der Waals surface area contributed by atoms with E-state index in [2.05, 4.69) is 0 Å². The number of nitrogens with zero attached hydrogens (tertiary/aromatic N) is 1. The normalized spacial score (nSPS) is 17.5. The lowest BCUT2D eigenvalue weighted by Gasteiger charge is -2.23. The molecule has 2 N–H and O–H groups in total. The van der Waals surface area contributed by atoms with Crippen molar-refractivity contribution in [3.63, 3.8) is 0 Å². The molecular weight excluding hydrogens is 446 g/mol. The summed E-state index contributed by atoms with van der Waals surface area (Å²) in [4.78, 5) is 32.5. The lowest BCUT2D eigenvalue weighted by Crippen LogP contribution is -2.28. The van der Waals surface area contributed by atoms with Crippen LogP contribution in [-0.4, -0.2) is 40.8 Å². The topological polar surface area (TPSA) is 131 Å². The molecule has 8 nitrogen and oxygen atoms in total. The molecule has 2 aromatic carbocycles. The van der Waals surface area contributed by atoms with Crippen LogP contribution in [0.4, 0.5) is 0 Å².